The van der Waals surface area contributed by atoms with E-state index in [0.717, 1.165) is 37.0 Å². The average Bonchev–Trinajstić information content (AvgIpc) is 3.15. The molecule has 0 N–H and O–H groups in total. The summed E-state index contributed by atoms with van der Waals surface area (Å²) in [5, 5.41) is 0. The van der Waals surface area contributed by atoms with Crippen LogP contribution in [-0.2, 0) is 9.53 Å². The van der Waals surface area contributed by atoms with Gasteiger partial charge in [0.25, 0.3) is 0 Å². The Kier molecular flexibility index (Phi) is 34.2. The molecular weight excluding hydrogens is 645 g/mol. The summed E-state index contributed by atoms with van der Waals surface area (Å²) in [6, 6.07) is 3.98. The molecule has 52 heavy (non-hydrogen) atoms. The van der Waals surface area contributed by atoms with Gasteiger partial charge in [-0.25, -0.2) is 4.79 Å². The molecule has 0 aliphatic carbocycles. The van der Waals surface area contributed by atoms with Crippen molar-refractivity contribution >= 4 is 12.0 Å². The number of carbonyl (C=O) groups excluding carboxylic acids is 1. The van der Waals surface area contributed by atoms with Crippen LogP contribution in [0.4, 0.5) is 0 Å². The van der Waals surface area contributed by atoms with Crippen LogP contribution in [0.5, 0.6) is 17.2 Å². The molecule has 0 atom stereocenters. The minimum absolute atomic E-state index is 0.350. The van der Waals surface area contributed by atoms with Crippen LogP contribution >= 0.6 is 0 Å². The van der Waals surface area contributed by atoms with Crippen LogP contribution in [-0.4, -0.2) is 32.4 Å². The van der Waals surface area contributed by atoms with Gasteiger partial charge in [0.2, 0.25) is 5.75 Å². The second kappa shape index (κ2) is 37.2. The summed E-state index contributed by atoms with van der Waals surface area (Å²) >= 11 is 0. The van der Waals surface area contributed by atoms with Crippen molar-refractivity contribution < 1.29 is 23.7 Å². The molecule has 302 valence electrons. The van der Waals surface area contributed by atoms with Crippen molar-refractivity contribution in [3.8, 4) is 17.2 Å². The molecule has 0 unspecified atom stereocenters. The lowest BCUT2D eigenvalue weighted by molar-refractivity contribution is -0.137. The van der Waals surface area contributed by atoms with Crippen LogP contribution in [0.2, 0.25) is 0 Å². The first-order valence-electron chi connectivity index (χ1n) is 22.6. The van der Waals surface area contributed by atoms with Crippen LogP contribution in [0.25, 0.3) is 6.08 Å². The molecule has 0 saturated carbocycles. The third-order valence-corrected chi connectivity index (χ3v) is 10.0. The second-order valence-corrected chi connectivity index (χ2v) is 15.0. The van der Waals surface area contributed by atoms with E-state index in [1.54, 1.807) is 6.08 Å². The predicted molar refractivity (Wildman–Crippen MR) is 224 cm³/mol. The fourth-order valence-electron chi connectivity index (χ4n) is 6.74. The van der Waals surface area contributed by atoms with Crippen molar-refractivity contribution in [2.75, 3.05) is 26.4 Å². The molecule has 0 aliphatic rings. The standard InChI is InChI=1S/C47H84O5/c1-5-9-12-15-18-21-24-27-30-33-40-50-44-38-36-43(37-39-45(48)49-8-4)46(51-41-34-31-28-25-22-19-16-13-10-6-2)47(44)52-42-35-32-29-26-23-20-17-14-11-7-3/h36-39H,5-35,40-42H2,1-4H3. The van der Waals surface area contributed by atoms with E-state index in [0.29, 0.717) is 37.9 Å². The number of unbranched alkanes of at least 4 members (excludes halogenated alkanes) is 27. The first kappa shape index (κ1) is 47.9. The summed E-state index contributed by atoms with van der Waals surface area (Å²) < 4.78 is 24.6. The lowest BCUT2D eigenvalue weighted by Gasteiger charge is -2.19. The van der Waals surface area contributed by atoms with E-state index in [-0.39, 0.29) is 5.97 Å². The van der Waals surface area contributed by atoms with E-state index >= 15 is 0 Å². The number of rotatable bonds is 39. The second-order valence-electron chi connectivity index (χ2n) is 15.0. The van der Waals surface area contributed by atoms with Crippen LogP contribution in [0.1, 0.15) is 226 Å². The Balaban J connectivity index is 2.82. The highest BCUT2D eigenvalue weighted by molar-refractivity contribution is 5.88. The van der Waals surface area contributed by atoms with Gasteiger partial charge in [-0.05, 0) is 44.4 Å². The highest BCUT2D eigenvalue weighted by Crippen LogP contribution is 2.41. The molecule has 5 heteroatoms. The van der Waals surface area contributed by atoms with Crippen molar-refractivity contribution in [1.82, 2.24) is 0 Å². The highest BCUT2D eigenvalue weighted by Gasteiger charge is 2.18. The van der Waals surface area contributed by atoms with Crippen LogP contribution in [0, 0.1) is 0 Å². The first-order chi connectivity index (χ1) is 25.7. The topological polar surface area (TPSA) is 54.0 Å². The summed E-state index contributed by atoms with van der Waals surface area (Å²) in [5.41, 5.74) is 0.824. The molecule has 1 aromatic carbocycles. The van der Waals surface area contributed by atoms with Gasteiger partial charge >= 0.3 is 5.97 Å². The smallest absolute Gasteiger partial charge is 0.330 e. The molecule has 1 aromatic rings. The Bertz CT molecular complexity index is 957. The van der Waals surface area contributed by atoms with Crippen LogP contribution in [0.15, 0.2) is 18.2 Å². The van der Waals surface area contributed by atoms with Gasteiger partial charge in [0.15, 0.2) is 11.5 Å². The van der Waals surface area contributed by atoms with Crippen molar-refractivity contribution in [3.05, 3.63) is 23.8 Å². The number of hydrogen-bond donors (Lipinski definition) is 0. The van der Waals surface area contributed by atoms with Gasteiger partial charge in [-0.2, -0.15) is 0 Å². The van der Waals surface area contributed by atoms with Gasteiger partial charge in [-0.15, -0.1) is 0 Å². The fraction of sp³-hybridized carbons (Fsp3) is 0.809. The summed E-state index contributed by atoms with van der Waals surface area (Å²) in [6.45, 7) is 10.9. The van der Waals surface area contributed by atoms with Gasteiger partial charge in [-0.3, -0.25) is 0 Å². The maximum Gasteiger partial charge on any atom is 0.330 e. The predicted octanol–water partition coefficient (Wildman–Crippen LogP) is 15.2. The number of hydrogen-bond acceptors (Lipinski definition) is 5. The summed E-state index contributed by atoms with van der Waals surface area (Å²) in [6.07, 6.45) is 42.0. The van der Waals surface area contributed by atoms with E-state index in [9.17, 15) is 4.79 Å². The SMILES string of the molecule is CCCCCCCCCCCCOc1ccc(C=CC(=O)OCC)c(OCCCCCCCCCCCC)c1OCCCCCCCCCCCC. The average molecular weight is 729 g/mol. The van der Waals surface area contributed by atoms with E-state index in [1.807, 2.05) is 19.1 Å². The van der Waals surface area contributed by atoms with Crippen molar-refractivity contribution in [2.24, 2.45) is 0 Å². The zero-order valence-corrected chi connectivity index (χ0v) is 34.9. The van der Waals surface area contributed by atoms with E-state index in [2.05, 4.69) is 20.8 Å². The molecule has 0 saturated heterocycles. The van der Waals surface area contributed by atoms with Crippen LogP contribution < -0.4 is 14.2 Å². The largest absolute Gasteiger partial charge is 0.490 e. The van der Waals surface area contributed by atoms with Crippen molar-refractivity contribution in [1.29, 1.82) is 0 Å². The van der Waals surface area contributed by atoms with Gasteiger partial charge in [0.05, 0.1) is 26.4 Å². The summed E-state index contributed by atoms with van der Waals surface area (Å²) in [5.74, 6) is 1.76. The van der Waals surface area contributed by atoms with Crippen molar-refractivity contribution in [3.63, 3.8) is 0 Å². The number of esters is 1. The van der Waals surface area contributed by atoms with Crippen LogP contribution in [0.3, 0.4) is 0 Å². The Morgan fingerprint density at radius 3 is 1.17 bits per heavy atom. The molecule has 0 bridgehead atoms. The molecule has 1 rings (SSSR count). The molecule has 0 radical (unpaired) electrons. The molecule has 0 aromatic heterocycles. The van der Waals surface area contributed by atoms with E-state index < -0.39 is 0 Å². The highest BCUT2D eigenvalue weighted by atomic mass is 16.5. The minimum atomic E-state index is -0.350. The number of benzene rings is 1. The lowest BCUT2D eigenvalue weighted by atomic mass is 10.1. The Hall–Kier alpha value is -2.17. The minimum Gasteiger partial charge on any atom is -0.490 e. The zero-order chi connectivity index (χ0) is 37.6. The number of carbonyl (C=O) groups is 1. The first-order valence-corrected chi connectivity index (χ1v) is 22.6. The van der Waals surface area contributed by atoms with E-state index in [4.69, 9.17) is 18.9 Å². The summed E-state index contributed by atoms with van der Waals surface area (Å²) in [4.78, 5) is 12.2. The Morgan fingerprint density at radius 2 is 0.788 bits per heavy atom. The Labute approximate surface area is 322 Å². The van der Waals surface area contributed by atoms with Gasteiger partial charge in [0, 0.05) is 11.6 Å². The zero-order valence-electron chi connectivity index (χ0n) is 34.9. The van der Waals surface area contributed by atoms with Gasteiger partial charge in [0.1, 0.15) is 0 Å². The fourth-order valence-corrected chi connectivity index (χ4v) is 6.74. The molecule has 0 aliphatic heterocycles. The maximum absolute atomic E-state index is 12.2. The molecule has 0 spiro atoms. The lowest BCUT2D eigenvalue weighted by Crippen LogP contribution is -2.07. The van der Waals surface area contributed by atoms with E-state index in [1.165, 1.54) is 173 Å². The quantitative estimate of drug-likeness (QED) is 0.0384. The maximum atomic E-state index is 12.2. The molecule has 0 heterocycles. The third kappa shape index (κ3) is 27.4. The normalized spacial score (nSPS) is 11.4. The summed E-state index contributed by atoms with van der Waals surface area (Å²) in [7, 11) is 0. The molecule has 0 fully saturated rings. The third-order valence-electron chi connectivity index (χ3n) is 10.0. The van der Waals surface area contributed by atoms with Gasteiger partial charge in [-0.1, -0.05) is 194 Å². The number of ether oxygens (including phenoxy) is 4. The molecule has 5 nitrogen and oxygen atoms in total. The molecular formula is C47H84O5. The Morgan fingerprint density at radius 1 is 0.442 bits per heavy atom. The van der Waals surface area contributed by atoms with Crippen molar-refractivity contribution in [2.45, 2.75) is 220 Å². The van der Waals surface area contributed by atoms with Gasteiger partial charge < -0.3 is 18.9 Å². The monoisotopic (exact) mass is 729 g/mol. The molecule has 0 amide bonds.